The smallest absolute Gasteiger partial charge is 0.345 e. The first-order chi connectivity index (χ1) is 10.4. The zero-order valence-electron chi connectivity index (χ0n) is 12.9. The average Bonchev–Trinajstić information content (AvgIpc) is 2.45. The number of halogens is 1. The number of aryl methyl sites for hydroxylation is 3. The van der Waals surface area contributed by atoms with Crippen molar-refractivity contribution < 1.29 is 14.6 Å². The van der Waals surface area contributed by atoms with Gasteiger partial charge in [-0.2, -0.15) is 0 Å². The Bertz CT molecular complexity index is 674. The van der Waals surface area contributed by atoms with Crippen molar-refractivity contribution in [1.29, 1.82) is 0 Å². The lowest BCUT2D eigenvalue weighted by Crippen LogP contribution is -2.30. The summed E-state index contributed by atoms with van der Waals surface area (Å²) < 4.78 is 5.67. The third kappa shape index (κ3) is 3.80. The van der Waals surface area contributed by atoms with Crippen LogP contribution in [-0.2, 0) is 11.2 Å². The van der Waals surface area contributed by atoms with E-state index in [1.54, 1.807) is 18.2 Å². The fraction of sp³-hybridized carbons (Fsp3) is 0.278. The van der Waals surface area contributed by atoms with Crippen molar-refractivity contribution in [3.05, 3.63) is 63.7 Å². The Morgan fingerprint density at radius 1 is 1.14 bits per heavy atom. The minimum Gasteiger partial charge on any atom is -0.478 e. The van der Waals surface area contributed by atoms with Gasteiger partial charge in [0.1, 0.15) is 5.75 Å². The van der Waals surface area contributed by atoms with Crippen LogP contribution in [0.25, 0.3) is 0 Å². The minimum absolute atomic E-state index is 0.329. The fourth-order valence-corrected chi connectivity index (χ4v) is 2.51. The van der Waals surface area contributed by atoms with Gasteiger partial charge in [-0.1, -0.05) is 29.8 Å². The normalized spacial score (nSPS) is 12.0. The van der Waals surface area contributed by atoms with Gasteiger partial charge in [0.15, 0.2) is 6.10 Å². The molecule has 3 nitrogen and oxygen atoms in total. The van der Waals surface area contributed by atoms with Crippen molar-refractivity contribution in [3.63, 3.8) is 0 Å². The first-order valence-electron chi connectivity index (χ1n) is 7.09. The maximum Gasteiger partial charge on any atom is 0.345 e. The van der Waals surface area contributed by atoms with Crippen molar-refractivity contribution in [2.75, 3.05) is 0 Å². The predicted molar refractivity (Wildman–Crippen MR) is 87.9 cm³/mol. The van der Waals surface area contributed by atoms with Crippen LogP contribution in [0.5, 0.6) is 5.75 Å². The lowest BCUT2D eigenvalue weighted by atomic mass is 9.97. The van der Waals surface area contributed by atoms with E-state index in [2.05, 4.69) is 0 Å². The van der Waals surface area contributed by atoms with E-state index in [4.69, 9.17) is 16.3 Å². The summed E-state index contributed by atoms with van der Waals surface area (Å²) in [6.45, 7) is 5.82. The van der Waals surface area contributed by atoms with Crippen LogP contribution < -0.4 is 4.74 Å². The van der Waals surface area contributed by atoms with Crippen molar-refractivity contribution >= 4 is 17.6 Å². The van der Waals surface area contributed by atoms with Crippen LogP contribution in [-0.4, -0.2) is 17.2 Å². The summed E-state index contributed by atoms with van der Waals surface area (Å²) in [5.74, 6) is -0.462. The van der Waals surface area contributed by atoms with Gasteiger partial charge in [0, 0.05) is 11.4 Å². The highest BCUT2D eigenvalue weighted by Crippen LogP contribution is 2.23. The zero-order chi connectivity index (χ0) is 16.3. The van der Waals surface area contributed by atoms with Crippen LogP contribution >= 0.6 is 11.6 Å². The summed E-state index contributed by atoms with van der Waals surface area (Å²) in [7, 11) is 0. The summed E-state index contributed by atoms with van der Waals surface area (Å²) in [6, 6.07) is 11.1. The molecule has 1 N–H and O–H groups in total. The molecule has 0 bridgehead atoms. The molecule has 0 unspecified atom stereocenters. The van der Waals surface area contributed by atoms with Crippen LogP contribution in [0.2, 0.25) is 5.02 Å². The van der Waals surface area contributed by atoms with E-state index in [0.717, 1.165) is 22.3 Å². The van der Waals surface area contributed by atoms with Gasteiger partial charge < -0.3 is 9.84 Å². The van der Waals surface area contributed by atoms with Crippen molar-refractivity contribution in [2.24, 2.45) is 0 Å². The van der Waals surface area contributed by atoms with Crippen molar-refractivity contribution in [2.45, 2.75) is 33.3 Å². The monoisotopic (exact) mass is 318 g/mol. The first-order valence-corrected chi connectivity index (χ1v) is 7.47. The van der Waals surface area contributed by atoms with Gasteiger partial charge in [0.2, 0.25) is 0 Å². The molecule has 0 aliphatic rings. The van der Waals surface area contributed by atoms with Gasteiger partial charge in [-0.3, -0.25) is 0 Å². The van der Waals surface area contributed by atoms with Crippen LogP contribution in [0.3, 0.4) is 0 Å². The van der Waals surface area contributed by atoms with E-state index in [-0.39, 0.29) is 0 Å². The summed E-state index contributed by atoms with van der Waals surface area (Å²) >= 11 is 5.98. The highest BCUT2D eigenvalue weighted by molar-refractivity contribution is 6.31. The number of carbonyl (C=O) groups is 1. The Kier molecular flexibility index (Phi) is 5.09. The first kappa shape index (κ1) is 16.4. The summed E-state index contributed by atoms with van der Waals surface area (Å²) in [5.41, 5.74) is 4.01. The standard InChI is InChI=1S/C18H19ClO3/c1-11-5-4-6-12(2)15(11)10-17(18(20)21)22-14-7-8-16(19)13(3)9-14/h4-9,17H,10H2,1-3H3,(H,20,21)/t17-/m0/s1. The molecule has 4 heteroatoms. The summed E-state index contributed by atoms with van der Waals surface area (Å²) in [5, 5.41) is 10.1. The van der Waals surface area contributed by atoms with Gasteiger partial charge >= 0.3 is 5.97 Å². The highest BCUT2D eigenvalue weighted by atomic mass is 35.5. The molecule has 0 aromatic heterocycles. The maximum atomic E-state index is 11.5. The largest absolute Gasteiger partial charge is 0.478 e. The van der Waals surface area contributed by atoms with Crippen molar-refractivity contribution in [3.8, 4) is 5.75 Å². The van der Waals surface area contributed by atoms with E-state index >= 15 is 0 Å². The molecule has 116 valence electrons. The molecule has 0 saturated carbocycles. The second-order valence-corrected chi connectivity index (χ2v) is 5.84. The molecule has 2 aromatic carbocycles. The third-order valence-corrected chi connectivity index (χ3v) is 4.14. The third-order valence-electron chi connectivity index (χ3n) is 3.72. The molecule has 2 aromatic rings. The Balaban J connectivity index is 2.24. The summed E-state index contributed by atoms with van der Waals surface area (Å²) in [4.78, 5) is 11.5. The maximum absolute atomic E-state index is 11.5. The number of rotatable bonds is 5. The molecule has 0 aliphatic heterocycles. The van der Waals surface area contributed by atoms with Crippen LogP contribution in [0.1, 0.15) is 22.3 Å². The lowest BCUT2D eigenvalue weighted by Gasteiger charge is -2.18. The van der Waals surface area contributed by atoms with Gasteiger partial charge in [-0.15, -0.1) is 0 Å². The van der Waals surface area contributed by atoms with Gasteiger partial charge in [0.25, 0.3) is 0 Å². The van der Waals surface area contributed by atoms with E-state index in [1.165, 1.54) is 0 Å². The number of ether oxygens (including phenoxy) is 1. The van der Waals surface area contributed by atoms with Gasteiger partial charge in [0.05, 0.1) is 0 Å². The van der Waals surface area contributed by atoms with E-state index < -0.39 is 12.1 Å². The zero-order valence-corrected chi connectivity index (χ0v) is 13.6. The fourth-order valence-electron chi connectivity index (χ4n) is 2.39. The Labute approximate surface area is 135 Å². The molecular weight excluding hydrogens is 300 g/mol. The lowest BCUT2D eigenvalue weighted by molar-refractivity contribution is -0.145. The van der Waals surface area contributed by atoms with Gasteiger partial charge in [-0.25, -0.2) is 4.79 Å². The Morgan fingerprint density at radius 2 is 1.77 bits per heavy atom. The molecule has 0 aliphatic carbocycles. The Morgan fingerprint density at radius 3 is 2.32 bits per heavy atom. The number of carboxylic acid groups (broad SMARTS) is 1. The second-order valence-electron chi connectivity index (χ2n) is 5.43. The Hall–Kier alpha value is -2.00. The minimum atomic E-state index is -0.977. The molecule has 2 rings (SSSR count). The molecule has 0 spiro atoms. The average molecular weight is 319 g/mol. The number of hydrogen-bond donors (Lipinski definition) is 1. The van der Waals surface area contributed by atoms with Crippen LogP contribution in [0.4, 0.5) is 0 Å². The molecule has 0 heterocycles. The van der Waals surface area contributed by atoms with E-state index in [1.807, 2.05) is 39.0 Å². The van der Waals surface area contributed by atoms with Crippen molar-refractivity contribution in [1.82, 2.24) is 0 Å². The molecule has 0 saturated heterocycles. The SMILES string of the molecule is Cc1cc(O[C@@H](Cc2c(C)cccc2C)C(=O)O)ccc1Cl. The topological polar surface area (TPSA) is 46.5 Å². The predicted octanol–water partition coefficient (Wildman–Crippen LogP) is 4.34. The number of carboxylic acids is 1. The molecule has 1 atom stereocenters. The van der Waals surface area contributed by atoms with Crippen LogP contribution in [0, 0.1) is 20.8 Å². The molecule has 22 heavy (non-hydrogen) atoms. The number of hydrogen-bond acceptors (Lipinski definition) is 2. The molecule has 0 amide bonds. The number of benzene rings is 2. The molecule has 0 fully saturated rings. The summed E-state index contributed by atoms with van der Waals surface area (Å²) in [6.07, 6.45) is -0.601. The van der Waals surface area contributed by atoms with E-state index in [0.29, 0.717) is 17.2 Å². The van der Waals surface area contributed by atoms with E-state index in [9.17, 15) is 9.90 Å². The highest BCUT2D eigenvalue weighted by Gasteiger charge is 2.22. The quantitative estimate of drug-likeness (QED) is 0.892. The van der Waals surface area contributed by atoms with Gasteiger partial charge in [-0.05, 0) is 61.2 Å². The number of aliphatic carboxylic acids is 1. The van der Waals surface area contributed by atoms with Crippen LogP contribution in [0.15, 0.2) is 36.4 Å². The molecule has 0 radical (unpaired) electrons. The molecular formula is C18H19ClO3. The second kappa shape index (κ2) is 6.84.